The van der Waals surface area contributed by atoms with E-state index in [-0.39, 0.29) is 11.6 Å². The molecule has 1 aromatic carbocycles. The van der Waals surface area contributed by atoms with E-state index < -0.39 is 5.97 Å². The summed E-state index contributed by atoms with van der Waals surface area (Å²) in [6, 6.07) is 10.1. The number of carboxylic acid groups (broad SMARTS) is 1. The van der Waals surface area contributed by atoms with Crippen molar-refractivity contribution in [1.29, 1.82) is 0 Å². The minimum absolute atomic E-state index is 0.0662. The van der Waals surface area contributed by atoms with Crippen LogP contribution in [0, 0.1) is 0 Å². The van der Waals surface area contributed by atoms with Gasteiger partial charge in [0.05, 0.1) is 17.6 Å². The zero-order chi connectivity index (χ0) is 14.3. The normalized spacial score (nSPS) is 13.5. The first-order chi connectivity index (χ1) is 9.59. The van der Waals surface area contributed by atoms with Gasteiger partial charge in [0.15, 0.2) is 0 Å². The van der Waals surface area contributed by atoms with Gasteiger partial charge in [0, 0.05) is 11.1 Å². The van der Waals surface area contributed by atoms with E-state index in [0.717, 1.165) is 5.56 Å². The molecule has 2 heterocycles. The van der Waals surface area contributed by atoms with E-state index in [1.54, 1.807) is 18.2 Å². The van der Waals surface area contributed by atoms with E-state index in [4.69, 9.17) is 5.11 Å². The molecule has 98 valence electrons. The number of rotatable bonds is 2. The van der Waals surface area contributed by atoms with Gasteiger partial charge in [-0.2, -0.15) is 0 Å². The number of amides is 1. The number of benzene rings is 1. The van der Waals surface area contributed by atoms with Gasteiger partial charge in [0.2, 0.25) is 0 Å². The van der Waals surface area contributed by atoms with Crippen LogP contribution in [0.2, 0.25) is 0 Å². The number of hydrogen-bond donors (Lipinski definition) is 1. The summed E-state index contributed by atoms with van der Waals surface area (Å²) in [5.41, 5.74) is 2.36. The molecule has 0 atom stereocenters. The van der Waals surface area contributed by atoms with Gasteiger partial charge in [-0.15, -0.1) is 0 Å². The van der Waals surface area contributed by atoms with Gasteiger partial charge in [0.1, 0.15) is 5.69 Å². The van der Waals surface area contributed by atoms with Gasteiger partial charge in [-0.25, -0.2) is 9.78 Å². The quantitative estimate of drug-likeness (QED) is 0.906. The lowest BCUT2D eigenvalue weighted by atomic mass is 10.1. The van der Waals surface area contributed by atoms with Crippen LogP contribution in [0.25, 0.3) is 5.70 Å². The van der Waals surface area contributed by atoms with Crippen molar-refractivity contribution in [2.75, 3.05) is 4.90 Å². The molecule has 1 aromatic heterocycles. The van der Waals surface area contributed by atoms with Crippen LogP contribution in [0.1, 0.15) is 26.4 Å². The average Bonchev–Trinajstić information content (AvgIpc) is 2.72. The van der Waals surface area contributed by atoms with Crippen molar-refractivity contribution >= 4 is 23.3 Å². The highest BCUT2D eigenvalue weighted by atomic mass is 16.4. The first-order valence-corrected chi connectivity index (χ1v) is 5.91. The molecule has 0 saturated carbocycles. The fourth-order valence-electron chi connectivity index (χ4n) is 2.20. The maximum atomic E-state index is 12.3. The fourth-order valence-corrected chi connectivity index (χ4v) is 2.20. The summed E-state index contributed by atoms with van der Waals surface area (Å²) in [4.78, 5) is 28.4. The van der Waals surface area contributed by atoms with Crippen molar-refractivity contribution in [1.82, 2.24) is 4.98 Å². The molecule has 0 radical (unpaired) electrons. The van der Waals surface area contributed by atoms with Crippen LogP contribution in [0.3, 0.4) is 0 Å². The molecule has 0 saturated heterocycles. The highest BCUT2D eigenvalue weighted by Gasteiger charge is 2.31. The number of aromatic nitrogens is 1. The van der Waals surface area contributed by atoms with Gasteiger partial charge >= 0.3 is 5.97 Å². The van der Waals surface area contributed by atoms with Crippen LogP contribution in [0.4, 0.5) is 5.69 Å². The monoisotopic (exact) mass is 266 g/mol. The van der Waals surface area contributed by atoms with Crippen LogP contribution >= 0.6 is 0 Å². The number of nitrogens with zero attached hydrogens (tertiary/aromatic N) is 2. The maximum absolute atomic E-state index is 12.3. The van der Waals surface area contributed by atoms with Crippen molar-refractivity contribution in [2.45, 2.75) is 0 Å². The van der Waals surface area contributed by atoms with Crippen LogP contribution in [-0.2, 0) is 0 Å². The Kier molecular flexibility index (Phi) is 2.61. The Hall–Kier alpha value is -2.95. The zero-order valence-corrected chi connectivity index (χ0v) is 10.4. The summed E-state index contributed by atoms with van der Waals surface area (Å²) < 4.78 is 0. The van der Waals surface area contributed by atoms with Crippen molar-refractivity contribution in [2.24, 2.45) is 0 Å². The third kappa shape index (κ3) is 1.68. The van der Waals surface area contributed by atoms with E-state index in [2.05, 4.69) is 11.6 Å². The Morgan fingerprint density at radius 3 is 2.40 bits per heavy atom. The Balaban J connectivity index is 2.02. The van der Waals surface area contributed by atoms with Crippen molar-refractivity contribution in [3.63, 3.8) is 0 Å². The topological polar surface area (TPSA) is 70.5 Å². The molecule has 5 heteroatoms. The molecule has 0 aliphatic carbocycles. The molecule has 1 aliphatic heterocycles. The minimum atomic E-state index is -1.11. The van der Waals surface area contributed by atoms with Gasteiger partial charge in [0.25, 0.3) is 5.91 Å². The molecule has 1 N–H and O–H groups in total. The second kappa shape index (κ2) is 4.31. The predicted octanol–water partition coefficient (Wildman–Crippen LogP) is 2.41. The molecule has 3 rings (SSSR count). The zero-order valence-electron chi connectivity index (χ0n) is 10.4. The average molecular weight is 266 g/mol. The van der Waals surface area contributed by atoms with Crippen molar-refractivity contribution in [3.05, 3.63) is 66.0 Å². The largest absolute Gasteiger partial charge is 0.477 e. The molecular weight excluding hydrogens is 256 g/mol. The lowest BCUT2D eigenvalue weighted by Crippen LogP contribution is -2.22. The first-order valence-electron chi connectivity index (χ1n) is 5.91. The minimum Gasteiger partial charge on any atom is -0.477 e. The second-order valence-corrected chi connectivity index (χ2v) is 4.34. The molecule has 0 unspecified atom stereocenters. The van der Waals surface area contributed by atoms with Gasteiger partial charge in [-0.1, -0.05) is 24.8 Å². The fraction of sp³-hybridized carbons (Fsp3) is 0. The van der Waals surface area contributed by atoms with E-state index in [9.17, 15) is 9.59 Å². The highest BCUT2D eigenvalue weighted by Crippen LogP contribution is 2.35. The second-order valence-electron chi connectivity index (χ2n) is 4.34. The molecule has 5 nitrogen and oxygen atoms in total. The van der Waals surface area contributed by atoms with E-state index in [1.807, 2.05) is 12.1 Å². The van der Waals surface area contributed by atoms with E-state index in [0.29, 0.717) is 16.9 Å². The lowest BCUT2D eigenvalue weighted by molar-refractivity contribution is 0.0690. The highest BCUT2D eigenvalue weighted by molar-refractivity contribution is 6.21. The van der Waals surface area contributed by atoms with Crippen LogP contribution in [0.5, 0.6) is 0 Å². The Morgan fingerprint density at radius 2 is 1.85 bits per heavy atom. The smallest absolute Gasteiger partial charge is 0.354 e. The Morgan fingerprint density at radius 1 is 1.15 bits per heavy atom. The van der Waals surface area contributed by atoms with Gasteiger partial charge in [-0.05, 0) is 18.2 Å². The number of aromatic carboxylic acids is 1. The van der Waals surface area contributed by atoms with Crippen LogP contribution in [-0.4, -0.2) is 22.0 Å². The summed E-state index contributed by atoms with van der Waals surface area (Å²) in [6.45, 7) is 3.92. The molecule has 20 heavy (non-hydrogen) atoms. The van der Waals surface area contributed by atoms with Crippen molar-refractivity contribution in [3.8, 4) is 0 Å². The maximum Gasteiger partial charge on any atom is 0.354 e. The third-order valence-corrected chi connectivity index (χ3v) is 3.17. The molecule has 1 aliphatic rings. The third-order valence-electron chi connectivity index (χ3n) is 3.17. The molecule has 0 bridgehead atoms. The number of hydrogen-bond acceptors (Lipinski definition) is 3. The summed E-state index contributed by atoms with van der Waals surface area (Å²) in [5.74, 6) is -1.29. The number of carboxylic acids is 1. The summed E-state index contributed by atoms with van der Waals surface area (Å²) in [5, 5.41) is 8.83. The number of anilines is 1. The molecular formula is C15H10N2O3. The number of fused-ring (bicyclic) bond motifs is 1. The first kappa shape index (κ1) is 12.1. The molecule has 1 amide bonds. The van der Waals surface area contributed by atoms with E-state index >= 15 is 0 Å². The summed E-state index contributed by atoms with van der Waals surface area (Å²) >= 11 is 0. The predicted molar refractivity (Wildman–Crippen MR) is 73.5 cm³/mol. The number of pyridine rings is 1. The van der Waals surface area contributed by atoms with Gasteiger partial charge in [-0.3, -0.25) is 9.69 Å². The Bertz CT molecular complexity index is 700. The number of carbonyl (C=O) groups is 2. The molecule has 0 spiro atoms. The summed E-state index contributed by atoms with van der Waals surface area (Å²) in [6.07, 6.45) is 1.36. The molecule has 0 fully saturated rings. The standard InChI is InChI=1S/C15H10N2O3/c1-9-11-4-2-3-5-12(11)14(18)17(9)10-6-7-13(15(19)20)16-8-10/h2-8H,1H2,(H,19,20). The number of carbonyl (C=O) groups excluding carboxylic acids is 1. The Labute approximate surface area is 114 Å². The summed E-state index contributed by atoms with van der Waals surface area (Å²) in [7, 11) is 0. The lowest BCUT2D eigenvalue weighted by Gasteiger charge is -2.16. The van der Waals surface area contributed by atoms with Gasteiger partial charge < -0.3 is 5.11 Å². The van der Waals surface area contributed by atoms with Crippen LogP contribution < -0.4 is 4.90 Å². The molecule has 2 aromatic rings. The van der Waals surface area contributed by atoms with Crippen molar-refractivity contribution < 1.29 is 14.7 Å². The van der Waals surface area contributed by atoms with E-state index in [1.165, 1.54) is 17.2 Å². The van der Waals surface area contributed by atoms with Crippen LogP contribution in [0.15, 0.2) is 49.2 Å². The SMILES string of the molecule is C=C1c2ccccc2C(=O)N1c1ccc(C(=O)O)nc1.